The summed E-state index contributed by atoms with van der Waals surface area (Å²) in [6, 6.07) is 13.9. The predicted molar refractivity (Wildman–Crippen MR) is 122 cm³/mol. The van der Waals surface area contributed by atoms with E-state index in [0.29, 0.717) is 12.1 Å². The molecule has 3 heterocycles. The molecule has 0 fully saturated rings. The Bertz CT molecular complexity index is 1190. The fourth-order valence-electron chi connectivity index (χ4n) is 3.81. The maximum absolute atomic E-state index is 13.3. The lowest BCUT2D eigenvalue weighted by molar-refractivity contribution is 0.0939. The zero-order chi connectivity index (χ0) is 22.0. The molecular formula is C25H28N4O2. The van der Waals surface area contributed by atoms with Crippen LogP contribution in [0.1, 0.15) is 47.6 Å². The van der Waals surface area contributed by atoms with Crippen LogP contribution in [-0.2, 0) is 13.0 Å². The number of benzene rings is 1. The average Bonchev–Trinajstić information content (AvgIpc) is 3.40. The fraction of sp³-hybridized carbons (Fsp3) is 0.320. The molecule has 0 unspecified atom stereocenters. The summed E-state index contributed by atoms with van der Waals surface area (Å²) in [5, 5.41) is 8.57. The van der Waals surface area contributed by atoms with Gasteiger partial charge in [0.05, 0.1) is 28.6 Å². The van der Waals surface area contributed by atoms with E-state index in [-0.39, 0.29) is 11.9 Å². The van der Waals surface area contributed by atoms with Crippen LogP contribution in [0.5, 0.6) is 0 Å². The average molecular weight is 417 g/mol. The van der Waals surface area contributed by atoms with Crippen molar-refractivity contribution in [1.29, 1.82) is 0 Å². The maximum atomic E-state index is 13.3. The van der Waals surface area contributed by atoms with Crippen molar-refractivity contribution in [1.82, 2.24) is 20.1 Å². The fourth-order valence-corrected chi connectivity index (χ4v) is 3.81. The summed E-state index contributed by atoms with van der Waals surface area (Å²) in [4.78, 5) is 18.2. The van der Waals surface area contributed by atoms with Crippen molar-refractivity contribution in [3.63, 3.8) is 0 Å². The van der Waals surface area contributed by atoms with Gasteiger partial charge in [0.2, 0.25) is 0 Å². The van der Waals surface area contributed by atoms with Gasteiger partial charge in [-0.05, 0) is 52.3 Å². The van der Waals surface area contributed by atoms with Gasteiger partial charge < -0.3 is 9.73 Å². The number of hydrogen-bond acceptors (Lipinski definition) is 4. The Morgan fingerprint density at radius 3 is 2.65 bits per heavy atom. The second-order valence-corrected chi connectivity index (χ2v) is 8.01. The molecule has 31 heavy (non-hydrogen) atoms. The first kappa shape index (κ1) is 20.8. The molecule has 1 amide bonds. The van der Waals surface area contributed by atoms with E-state index in [4.69, 9.17) is 9.40 Å². The minimum atomic E-state index is -0.105. The van der Waals surface area contributed by atoms with E-state index in [1.807, 2.05) is 55.8 Å². The number of carbonyl (C=O) groups excluding carboxylic acids is 1. The number of furan rings is 1. The van der Waals surface area contributed by atoms with Crippen LogP contribution in [0.2, 0.25) is 0 Å². The van der Waals surface area contributed by atoms with Crippen molar-refractivity contribution in [2.24, 2.45) is 0 Å². The van der Waals surface area contributed by atoms with E-state index in [9.17, 15) is 4.79 Å². The topological polar surface area (TPSA) is 73.0 Å². The Morgan fingerprint density at radius 2 is 1.97 bits per heavy atom. The van der Waals surface area contributed by atoms with E-state index in [1.54, 1.807) is 6.26 Å². The zero-order valence-corrected chi connectivity index (χ0v) is 18.5. The Morgan fingerprint density at radius 1 is 1.19 bits per heavy atom. The molecule has 1 aromatic carbocycles. The minimum Gasteiger partial charge on any atom is -0.469 e. The van der Waals surface area contributed by atoms with Crippen molar-refractivity contribution in [3.8, 4) is 11.3 Å². The van der Waals surface area contributed by atoms with Gasteiger partial charge in [0.25, 0.3) is 5.91 Å². The Labute approximate surface area is 182 Å². The number of rotatable bonds is 7. The van der Waals surface area contributed by atoms with Gasteiger partial charge in [0.15, 0.2) is 5.65 Å². The molecule has 0 saturated carbocycles. The second-order valence-electron chi connectivity index (χ2n) is 8.01. The Hall–Kier alpha value is -3.41. The third kappa shape index (κ3) is 4.38. The molecule has 1 atom stereocenters. The summed E-state index contributed by atoms with van der Waals surface area (Å²) in [5.41, 5.74) is 5.11. The van der Waals surface area contributed by atoms with Gasteiger partial charge in [-0.15, -0.1) is 0 Å². The van der Waals surface area contributed by atoms with Gasteiger partial charge in [-0.3, -0.25) is 4.79 Å². The largest absolute Gasteiger partial charge is 0.469 e. The summed E-state index contributed by atoms with van der Waals surface area (Å²) < 4.78 is 7.26. The van der Waals surface area contributed by atoms with Crippen molar-refractivity contribution in [3.05, 3.63) is 71.3 Å². The highest BCUT2D eigenvalue weighted by atomic mass is 16.3. The van der Waals surface area contributed by atoms with Gasteiger partial charge >= 0.3 is 0 Å². The number of hydrogen-bond donors (Lipinski definition) is 1. The standard InChI is InChI=1S/C25H28N4O2/c1-5-29-24-23(18(4)28-29)21(15-22(27-24)19-11-8-16(2)9-12-19)25(30)26-17(3)10-13-20-7-6-14-31-20/h6-9,11-12,14-15,17H,5,10,13H2,1-4H3,(H,26,30)/t17-/m1/s1. The highest BCUT2D eigenvalue weighted by molar-refractivity contribution is 6.07. The van der Waals surface area contributed by atoms with Crippen LogP contribution in [0.15, 0.2) is 53.1 Å². The number of carbonyl (C=O) groups is 1. The molecular weight excluding hydrogens is 388 g/mol. The molecule has 6 nitrogen and oxygen atoms in total. The Balaban J connectivity index is 1.68. The van der Waals surface area contributed by atoms with Crippen molar-refractivity contribution in [2.45, 2.75) is 53.1 Å². The second kappa shape index (κ2) is 8.76. The lowest BCUT2D eigenvalue weighted by Gasteiger charge is -2.15. The molecule has 3 aromatic heterocycles. The van der Waals surface area contributed by atoms with Gasteiger partial charge in [-0.1, -0.05) is 29.8 Å². The number of nitrogens with one attached hydrogen (secondary N) is 1. The monoisotopic (exact) mass is 416 g/mol. The maximum Gasteiger partial charge on any atom is 0.252 e. The number of nitrogens with zero attached hydrogens (tertiary/aromatic N) is 3. The molecule has 1 N–H and O–H groups in total. The molecule has 0 aliphatic heterocycles. The van der Waals surface area contributed by atoms with Crippen molar-refractivity contribution < 1.29 is 9.21 Å². The van der Waals surface area contributed by atoms with Gasteiger partial charge in [-0.25, -0.2) is 9.67 Å². The van der Waals surface area contributed by atoms with Crippen molar-refractivity contribution in [2.75, 3.05) is 0 Å². The van der Waals surface area contributed by atoms with Crippen LogP contribution >= 0.6 is 0 Å². The highest BCUT2D eigenvalue weighted by Gasteiger charge is 2.21. The smallest absolute Gasteiger partial charge is 0.252 e. The van der Waals surface area contributed by atoms with Crippen LogP contribution in [0, 0.1) is 13.8 Å². The summed E-state index contributed by atoms with van der Waals surface area (Å²) in [6.07, 6.45) is 3.25. The van der Waals surface area contributed by atoms with Crippen LogP contribution in [0.25, 0.3) is 22.3 Å². The SMILES string of the molecule is CCn1nc(C)c2c(C(=O)N[C@H](C)CCc3ccco3)cc(-c3ccc(C)cc3)nc21. The summed E-state index contributed by atoms with van der Waals surface area (Å²) >= 11 is 0. The Kier molecular flexibility index (Phi) is 5.89. The molecule has 0 spiro atoms. The lowest BCUT2D eigenvalue weighted by Crippen LogP contribution is -2.33. The first-order chi connectivity index (χ1) is 15.0. The predicted octanol–water partition coefficient (Wildman–Crippen LogP) is 5.08. The third-order valence-electron chi connectivity index (χ3n) is 5.55. The minimum absolute atomic E-state index is 0.00478. The third-order valence-corrected chi connectivity index (χ3v) is 5.55. The van der Waals surface area contributed by atoms with E-state index in [2.05, 4.69) is 29.5 Å². The van der Waals surface area contributed by atoms with Crippen LogP contribution in [0.3, 0.4) is 0 Å². The van der Waals surface area contributed by atoms with E-state index in [0.717, 1.165) is 46.6 Å². The first-order valence-corrected chi connectivity index (χ1v) is 10.7. The number of fused-ring (bicyclic) bond motifs is 1. The molecule has 160 valence electrons. The number of aromatic nitrogens is 3. The van der Waals surface area contributed by atoms with Crippen LogP contribution in [-0.4, -0.2) is 26.7 Å². The highest BCUT2D eigenvalue weighted by Crippen LogP contribution is 2.27. The summed E-state index contributed by atoms with van der Waals surface area (Å²) in [5.74, 6) is 0.820. The summed E-state index contributed by atoms with van der Waals surface area (Å²) in [6.45, 7) is 8.72. The van der Waals surface area contributed by atoms with E-state index >= 15 is 0 Å². The van der Waals surface area contributed by atoms with Crippen LogP contribution < -0.4 is 5.32 Å². The quantitative estimate of drug-likeness (QED) is 0.456. The van der Waals surface area contributed by atoms with E-state index < -0.39 is 0 Å². The zero-order valence-electron chi connectivity index (χ0n) is 18.5. The molecule has 0 bridgehead atoms. The first-order valence-electron chi connectivity index (χ1n) is 10.7. The molecule has 0 radical (unpaired) electrons. The van der Waals surface area contributed by atoms with Crippen LogP contribution in [0.4, 0.5) is 0 Å². The molecule has 6 heteroatoms. The number of amides is 1. The summed E-state index contributed by atoms with van der Waals surface area (Å²) in [7, 11) is 0. The number of pyridine rings is 1. The number of aryl methyl sites for hydroxylation is 4. The van der Waals surface area contributed by atoms with Gasteiger partial charge in [0.1, 0.15) is 5.76 Å². The lowest BCUT2D eigenvalue weighted by atomic mass is 10.0. The van der Waals surface area contributed by atoms with Crippen molar-refractivity contribution >= 4 is 16.9 Å². The molecule has 0 saturated heterocycles. The normalized spacial score (nSPS) is 12.3. The molecule has 4 rings (SSSR count). The van der Waals surface area contributed by atoms with Gasteiger partial charge in [0, 0.05) is 24.6 Å². The molecule has 0 aliphatic carbocycles. The molecule has 0 aliphatic rings. The van der Waals surface area contributed by atoms with Gasteiger partial charge in [-0.2, -0.15) is 5.10 Å². The van der Waals surface area contributed by atoms with E-state index in [1.165, 1.54) is 5.56 Å². The molecule has 4 aromatic rings.